The van der Waals surface area contributed by atoms with E-state index in [1.165, 1.54) is 25.7 Å². The molecule has 1 fully saturated rings. The van der Waals surface area contributed by atoms with Crippen molar-refractivity contribution >= 4 is 23.4 Å². The van der Waals surface area contributed by atoms with E-state index in [1.54, 1.807) is 17.4 Å². The number of carboxylic acids is 1. The van der Waals surface area contributed by atoms with E-state index in [9.17, 15) is 4.79 Å². The SMILES string of the molecule is O=C(O)C=Cc1csc(COCC2CCCC2)c1. The summed E-state index contributed by atoms with van der Waals surface area (Å²) in [6.07, 6.45) is 8.06. The van der Waals surface area contributed by atoms with Gasteiger partial charge in [-0.05, 0) is 41.8 Å². The van der Waals surface area contributed by atoms with Crippen molar-refractivity contribution in [3.8, 4) is 0 Å². The Morgan fingerprint density at radius 1 is 1.50 bits per heavy atom. The second-order valence-corrected chi connectivity index (χ2v) is 5.68. The second kappa shape index (κ2) is 6.71. The van der Waals surface area contributed by atoms with E-state index >= 15 is 0 Å². The summed E-state index contributed by atoms with van der Waals surface area (Å²) in [7, 11) is 0. The molecule has 3 nitrogen and oxygen atoms in total. The first-order valence-corrected chi connectivity index (χ1v) is 7.18. The Morgan fingerprint density at radius 3 is 3.00 bits per heavy atom. The molecule has 0 unspecified atom stereocenters. The standard InChI is InChI=1S/C14H18O3S/c15-14(16)6-5-12-7-13(18-10-12)9-17-8-11-3-1-2-4-11/h5-7,10-11H,1-4,8-9H2,(H,15,16). The molecule has 1 N–H and O–H groups in total. The number of thiophene rings is 1. The highest BCUT2D eigenvalue weighted by Gasteiger charge is 2.14. The molecule has 98 valence electrons. The maximum absolute atomic E-state index is 10.4. The zero-order valence-electron chi connectivity index (χ0n) is 10.3. The lowest BCUT2D eigenvalue weighted by atomic mass is 10.1. The van der Waals surface area contributed by atoms with Crippen molar-refractivity contribution in [3.63, 3.8) is 0 Å². The van der Waals surface area contributed by atoms with Gasteiger partial charge >= 0.3 is 5.97 Å². The molecule has 0 atom stereocenters. The molecule has 1 aliphatic carbocycles. The van der Waals surface area contributed by atoms with Gasteiger partial charge in [0, 0.05) is 17.6 Å². The monoisotopic (exact) mass is 266 g/mol. The van der Waals surface area contributed by atoms with Crippen molar-refractivity contribution in [2.75, 3.05) is 6.61 Å². The highest BCUT2D eigenvalue weighted by atomic mass is 32.1. The number of aliphatic carboxylic acids is 1. The summed E-state index contributed by atoms with van der Waals surface area (Å²) in [6.45, 7) is 1.50. The van der Waals surface area contributed by atoms with E-state index in [-0.39, 0.29) is 0 Å². The number of carboxylic acid groups (broad SMARTS) is 1. The minimum atomic E-state index is -0.916. The number of hydrogen-bond donors (Lipinski definition) is 1. The second-order valence-electron chi connectivity index (χ2n) is 4.68. The van der Waals surface area contributed by atoms with E-state index in [0.717, 1.165) is 29.0 Å². The summed E-state index contributed by atoms with van der Waals surface area (Å²) >= 11 is 1.61. The van der Waals surface area contributed by atoms with Crippen LogP contribution < -0.4 is 0 Å². The molecule has 0 aromatic carbocycles. The molecule has 1 aromatic rings. The van der Waals surface area contributed by atoms with Gasteiger partial charge in [0.25, 0.3) is 0 Å². The Kier molecular flexibility index (Phi) is 4.96. The zero-order valence-corrected chi connectivity index (χ0v) is 11.1. The molecule has 1 heterocycles. The molecule has 0 aliphatic heterocycles. The lowest BCUT2D eigenvalue weighted by Crippen LogP contribution is -2.04. The van der Waals surface area contributed by atoms with E-state index in [1.807, 2.05) is 11.4 Å². The smallest absolute Gasteiger partial charge is 0.328 e. The minimum Gasteiger partial charge on any atom is -0.478 e. The van der Waals surface area contributed by atoms with Crippen LogP contribution in [0.3, 0.4) is 0 Å². The lowest BCUT2D eigenvalue weighted by Gasteiger charge is -2.08. The summed E-state index contributed by atoms with van der Waals surface area (Å²) in [5.74, 6) is -0.170. The highest BCUT2D eigenvalue weighted by Crippen LogP contribution is 2.25. The van der Waals surface area contributed by atoms with Gasteiger partial charge in [-0.15, -0.1) is 11.3 Å². The summed E-state index contributed by atoms with van der Waals surface area (Å²) in [4.78, 5) is 11.5. The van der Waals surface area contributed by atoms with Crippen LogP contribution in [0.1, 0.15) is 36.1 Å². The summed E-state index contributed by atoms with van der Waals surface area (Å²) in [5, 5.41) is 10.5. The number of rotatable bonds is 6. The average Bonchev–Trinajstić information content (AvgIpc) is 2.97. The van der Waals surface area contributed by atoms with E-state index < -0.39 is 5.97 Å². The summed E-state index contributed by atoms with van der Waals surface area (Å²) in [5.41, 5.74) is 0.932. The van der Waals surface area contributed by atoms with Crippen LogP contribution in [0.25, 0.3) is 6.08 Å². The molecule has 0 saturated heterocycles. The van der Waals surface area contributed by atoms with Crippen LogP contribution in [0, 0.1) is 5.92 Å². The summed E-state index contributed by atoms with van der Waals surface area (Å²) < 4.78 is 5.71. The Morgan fingerprint density at radius 2 is 2.28 bits per heavy atom. The van der Waals surface area contributed by atoms with Crippen LogP contribution in [-0.4, -0.2) is 17.7 Å². The van der Waals surface area contributed by atoms with Crippen molar-refractivity contribution in [1.82, 2.24) is 0 Å². The van der Waals surface area contributed by atoms with E-state index in [4.69, 9.17) is 9.84 Å². The predicted molar refractivity (Wildman–Crippen MR) is 72.6 cm³/mol. The maximum atomic E-state index is 10.4. The van der Waals surface area contributed by atoms with Crippen LogP contribution in [-0.2, 0) is 16.1 Å². The Balaban J connectivity index is 1.74. The van der Waals surface area contributed by atoms with Gasteiger partial charge in [-0.25, -0.2) is 4.79 Å². The third-order valence-electron chi connectivity index (χ3n) is 3.17. The van der Waals surface area contributed by atoms with E-state index in [2.05, 4.69) is 0 Å². The Labute approximate surface area is 111 Å². The molecule has 1 aliphatic rings. The third-order valence-corrected chi connectivity index (χ3v) is 4.09. The molecule has 2 rings (SSSR count). The molecular weight excluding hydrogens is 248 g/mol. The first-order valence-electron chi connectivity index (χ1n) is 6.30. The van der Waals surface area contributed by atoms with Crippen LogP contribution in [0.2, 0.25) is 0 Å². The van der Waals surface area contributed by atoms with Gasteiger partial charge < -0.3 is 9.84 Å². The molecule has 0 spiro atoms. The van der Waals surface area contributed by atoms with Gasteiger partial charge in [-0.3, -0.25) is 0 Å². The van der Waals surface area contributed by atoms with Crippen molar-refractivity contribution in [1.29, 1.82) is 0 Å². The fraction of sp³-hybridized carbons (Fsp3) is 0.500. The highest BCUT2D eigenvalue weighted by molar-refractivity contribution is 7.10. The molecule has 1 aromatic heterocycles. The molecule has 0 amide bonds. The fourth-order valence-corrected chi connectivity index (χ4v) is 3.02. The van der Waals surface area contributed by atoms with Crippen LogP contribution in [0.15, 0.2) is 17.5 Å². The van der Waals surface area contributed by atoms with Crippen LogP contribution in [0.4, 0.5) is 0 Å². The van der Waals surface area contributed by atoms with Gasteiger partial charge in [0.15, 0.2) is 0 Å². The largest absolute Gasteiger partial charge is 0.478 e. The molecule has 0 bridgehead atoms. The maximum Gasteiger partial charge on any atom is 0.328 e. The van der Waals surface area contributed by atoms with Gasteiger partial charge in [-0.1, -0.05) is 12.8 Å². The zero-order chi connectivity index (χ0) is 12.8. The molecule has 18 heavy (non-hydrogen) atoms. The molecule has 1 saturated carbocycles. The minimum absolute atomic E-state index is 0.641. The normalized spacial score (nSPS) is 16.7. The third kappa shape index (κ3) is 4.27. The van der Waals surface area contributed by atoms with Gasteiger partial charge in [0.05, 0.1) is 6.61 Å². The number of carbonyl (C=O) groups is 1. The Hall–Kier alpha value is -1.13. The summed E-state index contributed by atoms with van der Waals surface area (Å²) in [6, 6.07) is 1.98. The van der Waals surface area contributed by atoms with Crippen LogP contribution in [0.5, 0.6) is 0 Å². The van der Waals surface area contributed by atoms with Crippen molar-refractivity contribution in [3.05, 3.63) is 28.0 Å². The topological polar surface area (TPSA) is 46.5 Å². The lowest BCUT2D eigenvalue weighted by molar-refractivity contribution is -0.131. The van der Waals surface area contributed by atoms with Crippen molar-refractivity contribution in [2.45, 2.75) is 32.3 Å². The van der Waals surface area contributed by atoms with E-state index in [0.29, 0.717) is 6.61 Å². The van der Waals surface area contributed by atoms with Gasteiger partial charge in [0.1, 0.15) is 0 Å². The van der Waals surface area contributed by atoms with Gasteiger partial charge in [0.2, 0.25) is 0 Å². The number of ether oxygens (including phenoxy) is 1. The molecular formula is C14H18O3S. The van der Waals surface area contributed by atoms with Crippen molar-refractivity contribution < 1.29 is 14.6 Å². The molecule has 4 heteroatoms. The number of hydrogen-bond acceptors (Lipinski definition) is 3. The fourth-order valence-electron chi connectivity index (χ4n) is 2.23. The van der Waals surface area contributed by atoms with Crippen LogP contribution >= 0.6 is 11.3 Å². The Bertz CT molecular complexity index is 416. The molecule has 0 radical (unpaired) electrons. The van der Waals surface area contributed by atoms with Crippen molar-refractivity contribution in [2.24, 2.45) is 5.92 Å². The first kappa shape index (κ1) is 13.3. The first-order chi connectivity index (χ1) is 8.74. The average molecular weight is 266 g/mol. The van der Waals surface area contributed by atoms with Gasteiger partial charge in [-0.2, -0.15) is 0 Å². The predicted octanol–water partition coefficient (Wildman–Crippen LogP) is 3.55. The quantitative estimate of drug-likeness (QED) is 0.801.